The molecular weight excluding hydrogens is 660 g/mol. The van der Waals surface area contributed by atoms with E-state index in [0.29, 0.717) is 51.2 Å². The van der Waals surface area contributed by atoms with Gasteiger partial charge < -0.3 is 30.2 Å². The lowest BCUT2D eigenvalue weighted by atomic mass is 9.43. The van der Waals surface area contributed by atoms with Crippen LogP contribution in [0.2, 0.25) is 0 Å². The number of nitrogens with two attached hydrogens (primary N) is 1. The van der Waals surface area contributed by atoms with E-state index in [1.807, 2.05) is 6.92 Å². The summed E-state index contributed by atoms with van der Waals surface area (Å²) in [6.45, 7) is 9.36. The zero-order chi connectivity index (χ0) is 36.1. The number of hydrogen-bond donors (Lipinski definition) is 6. The zero-order valence-corrected chi connectivity index (χ0v) is 29.3. The first-order valence-electron chi connectivity index (χ1n) is 17.8. The molecule has 7 N–H and O–H groups in total. The van der Waals surface area contributed by atoms with Gasteiger partial charge in [-0.1, -0.05) is 13.8 Å². The molecule has 16 nitrogen and oxygen atoms in total. The molecule has 0 bridgehead atoms. The number of aromatic nitrogens is 2. The number of carbonyl (C=O) groups is 2. The topological polar surface area (TPSA) is 229 Å². The maximum atomic E-state index is 13.7. The van der Waals surface area contributed by atoms with E-state index in [-0.39, 0.29) is 53.6 Å². The molecule has 7 rings (SSSR count). The van der Waals surface area contributed by atoms with Gasteiger partial charge in [0.15, 0.2) is 5.95 Å². The van der Waals surface area contributed by atoms with Gasteiger partial charge in [0.2, 0.25) is 11.9 Å². The summed E-state index contributed by atoms with van der Waals surface area (Å²) in [5, 5.41) is 28.4. The van der Waals surface area contributed by atoms with Crippen LogP contribution in [0.25, 0.3) is 6.08 Å². The predicted octanol–water partition coefficient (Wildman–Crippen LogP) is -0.265. The number of aliphatic hydroxyl groups is 2. The van der Waals surface area contributed by atoms with Crippen molar-refractivity contribution in [2.24, 2.45) is 32.7 Å². The summed E-state index contributed by atoms with van der Waals surface area (Å²) in [5.74, 6) is -0.870. The van der Waals surface area contributed by atoms with Crippen molar-refractivity contribution < 1.29 is 34.0 Å². The first-order valence-corrected chi connectivity index (χ1v) is 17.8. The van der Waals surface area contributed by atoms with Gasteiger partial charge in [-0.15, -0.1) is 0 Å². The largest absolute Gasteiger partial charge is 0.423 e. The Labute approximate surface area is 295 Å². The standard InChI is InChI=1S/C35H48N8O8/c1-19(28(46)42-32-37-6-7-38-32)40-23(22-13-21(51-30(22)48)12-20-16-39-31(36)41-29(20)47)14-25-33(2)5-4-27(45)34(3,17-44)24(33)15-26(35(25)18-50-35)43-8-10-49-11-9-43/h6,12-13,16,19,23-27,40,44-45H,4-5,7-11,14-15,17-18H2,1-3H3,(H,38,42,46)(H3,36,39,41,47)/b21-12+/t19?,23?,24?,25?,26?,27-,33+,34+,35?/m1/s1. The SMILES string of the molecule is CC(NC(CC1C2(CO2)C(N2CCOCC2)CC2[C@]1(C)CC[C@@H](O)[C@@]2(C)CO)C1=C/C(=C\c2cnc(N)[nH]c2=O)OC1=O)C(=O)NC1=NCC=N1. The first-order chi connectivity index (χ1) is 24.4. The Kier molecular flexibility index (Phi) is 9.52. The molecule has 6 aliphatic rings. The first kappa shape index (κ1) is 35.6. The van der Waals surface area contributed by atoms with Crippen molar-refractivity contribution in [1.82, 2.24) is 25.5 Å². The van der Waals surface area contributed by atoms with E-state index in [2.05, 4.69) is 42.4 Å². The molecule has 0 aromatic carbocycles. The zero-order valence-electron chi connectivity index (χ0n) is 29.3. The molecule has 5 heterocycles. The molecule has 4 aliphatic heterocycles. The smallest absolute Gasteiger partial charge is 0.341 e. The van der Waals surface area contributed by atoms with E-state index in [1.165, 1.54) is 12.3 Å². The Morgan fingerprint density at radius 2 is 2.04 bits per heavy atom. The third kappa shape index (κ3) is 6.46. The number of fused-ring (bicyclic) bond motifs is 1. The number of nitrogens with zero attached hydrogens (tertiary/aromatic N) is 4. The lowest BCUT2D eigenvalue weighted by molar-refractivity contribution is -0.197. The number of nitrogens with one attached hydrogen (secondary N) is 3. The average Bonchev–Trinajstić information content (AvgIpc) is 3.53. The minimum absolute atomic E-state index is 0.00929. The molecule has 1 aromatic heterocycles. The summed E-state index contributed by atoms with van der Waals surface area (Å²) >= 11 is 0. The molecular formula is C35H48N8O8. The number of H-pyrrole nitrogens is 1. The number of cyclic esters (lactones) is 1. The summed E-state index contributed by atoms with van der Waals surface area (Å²) in [6, 6.07) is -1.49. The van der Waals surface area contributed by atoms with Crippen molar-refractivity contribution in [3.63, 3.8) is 0 Å². The van der Waals surface area contributed by atoms with Crippen molar-refractivity contribution >= 4 is 36.1 Å². The number of anilines is 1. The average molecular weight is 709 g/mol. The molecule has 1 spiro atoms. The predicted molar refractivity (Wildman–Crippen MR) is 186 cm³/mol. The Morgan fingerprint density at radius 3 is 2.71 bits per heavy atom. The van der Waals surface area contributed by atoms with Gasteiger partial charge in [0.25, 0.3) is 5.56 Å². The number of allylic oxidation sites excluding steroid dienone is 1. The van der Waals surface area contributed by atoms with Crippen molar-refractivity contribution in [3.05, 3.63) is 39.5 Å². The highest BCUT2D eigenvalue weighted by Crippen LogP contribution is 2.67. The Bertz CT molecular complexity index is 1730. The van der Waals surface area contributed by atoms with Gasteiger partial charge in [-0.2, -0.15) is 0 Å². The number of hydrogen-bond acceptors (Lipinski definition) is 14. The van der Waals surface area contributed by atoms with Gasteiger partial charge in [-0.25, -0.2) is 19.8 Å². The summed E-state index contributed by atoms with van der Waals surface area (Å²) in [7, 11) is 0. The highest BCUT2D eigenvalue weighted by atomic mass is 16.6. The van der Waals surface area contributed by atoms with Crippen LogP contribution in [0.1, 0.15) is 52.0 Å². The van der Waals surface area contributed by atoms with Gasteiger partial charge in [0.1, 0.15) is 11.4 Å². The van der Waals surface area contributed by atoms with Gasteiger partial charge >= 0.3 is 5.97 Å². The fraction of sp³-hybridized carbons (Fsp3) is 0.657. The van der Waals surface area contributed by atoms with E-state index in [1.54, 1.807) is 19.2 Å². The van der Waals surface area contributed by atoms with Crippen LogP contribution in [0.5, 0.6) is 0 Å². The molecule has 16 heteroatoms. The van der Waals surface area contributed by atoms with Crippen molar-refractivity contribution in [1.29, 1.82) is 0 Å². The highest BCUT2D eigenvalue weighted by Gasteiger charge is 2.71. The summed E-state index contributed by atoms with van der Waals surface area (Å²) < 4.78 is 18.0. The number of amides is 1. The van der Waals surface area contributed by atoms with Crippen LogP contribution in [0.15, 0.2) is 38.4 Å². The Balaban J connectivity index is 1.28. The fourth-order valence-electron chi connectivity index (χ4n) is 9.49. The minimum atomic E-state index is -0.784. The van der Waals surface area contributed by atoms with Crippen LogP contribution in [0.3, 0.4) is 0 Å². The second-order valence-electron chi connectivity index (χ2n) is 15.2. The second-order valence-corrected chi connectivity index (χ2v) is 15.2. The van der Waals surface area contributed by atoms with Crippen LogP contribution in [-0.2, 0) is 23.8 Å². The van der Waals surface area contributed by atoms with Crippen molar-refractivity contribution in [2.75, 3.05) is 51.8 Å². The number of morpholine rings is 1. The molecule has 2 saturated heterocycles. The van der Waals surface area contributed by atoms with Crippen LogP contribution >= 0.6 is 0 Å². The van der Waals surface area contributed by atoms with Crippen molar-refractivity contribution in [2.45, 2.75) is 76.3 Å². The minimum Gasteiger partial charge on any atom is -0.423 e. The quantitative estimate of drug-likeness (QED) is 0.144. The maximum absolute atomic E-state index is 13.7. The molecule has 6 unspecified atom stereocenters. The van der Waals surface area contributed by atoms with Gasteiger partial charge in [-0.05, 0) is 62.0 Å². The van der Waals surface area contributed by atoms with Gasteiger partial charge in [-0.3, -0.25) is 30.1 Å². The van der Waals surface area contributed by atoms with Gasteiger partial charge in [0, 0.05) is 43.0 Å². The van der Waals surface area contributed by atoms with E-state index < -0.39 is 46.1 Å². The lowest BCUT2D eigenvalue weighted by Crippen LogP contribution is -2.68. The summed E-state index contributed by atoms with van der Waals surface area (Å²) in [4.78, 5) is 56.8. The molecule has 51 heavy (non-hydrogen) atoms. The number of rotatable bonds is 9. The van der Waals surface area contributed by atoms with E-state index in [0.717, 1.165) is 19.5 Å². The Morgan fingerprint density at radius 1 is 1.27 bits per heavy atom. The normalized spacial score (nSPS) is 36.7. The molecule has 276 valence electrons. The molecule has 1 amide bonds. The monoisotopic (exact) mass is 708 g/mol. The van der Waals surface area contributed by atoms with Gasteiger partial charge in [0.05, 0.1) is 56.3 Å². The molecule has 2 saturated carbocycles. The van der Waals surface area contributed by atoms with E-state index >= 15 is 0 Å². The number of aromatic amines is 1. The van der Waals surface area contributed by atoms with Crippen molar-refractivity contribution in [3.8, 4) is 0 Å². The molecule has 2 aliphatic carbocycles. The van der Waals surface area contributed by atoms with Crippen LogP contribution in [0.4, 0.5) is 5.95 Å². The molecule has 9 atom stereocenters. The number of esters is 1. The number of aliphatic imine (C=N–C) groups is 2. The second kappa shape index (κ2) is 13.6. The lowest BCUT2D eigenvalue weighted by Gasteiger charge is -2.64. The summed E-state index contributed by atoms with van der Waals surface area (Å²) in [6.07, 6.45) is 7.59. The number of epoxide rings is 1. The molecule has 0 radical (unpaired) electrons. The number of ether oxygens (including phenoxy) is 3. The van der Waals surface area contributed by atoms with Crippen LogP contribution in [-0.4, -0.2) is 125 Å². The Hall–Kier alpha value is -3.80. The number of guanidine groups is 1. The maximum Gasteiger partial charge on any atom is 0.341 e. The third-order valence-electron chi connectivity index (χ3n) is 12.4. The molecule has 4 fully saturated rings. The summed E-state index contributed by atoms with van der Waals surface area (Å²) in [5.41, 5.74) is 3.87. The van der Waals surface area contributed by atoms with Crippen LogP contribution < -0.4 is 21.9 Å². The third-order valence-corrected chi connectivity index (χ3v) is 12.4. The fourth-order valence-corrected chi connectivity index (χ4v) is 9.49. The highest BCUT2D eigenvalue weighted by molar-refractivity contribution is 6.04. The number of carbonyl (C=O) groups excluding carboxylic acids is 2. The van der Waals surface area contributed by atoms with E-state index in [9.17, 15) is 24.6 Å². The molecule has 1 aromatic rings. The van der Waals surface area contributed by atoms with Crippen LogP contribution in [0, 0.1) is 22.7 Å². The number of nitrogen functional groups attached to an aromatic ring is 1. The van der Waals surface area contributed by atoms with E-state index in [4.69, 9.17) is 19.9 Å². The number of aliphatic hydroxyl groups excluding tert-OH is 2.